The SMILES string of the molecule is OP(O)OCC(F)CCF. The van der Waals surface area contributed by atoms with E-state index in [0.29, 0.717) is 0 Å². The Morgan fingerprint density at radius 2 is 2.10 bits per heavy atom. The van der Waals surface area contributed by atoms with Crippen LogP contribution in [0.1, 0.15) is 6.42 Å². The van der Waals surface area contributed by atoms with Crippen molar-refractivity contribution in [3.8, 4) is 0 Å². The van der Waals surface area contributed by atoms with Crippen molar-refractivity contribution < 1.29 is 23.1 Å². The highest BCUT2D eigenvalue weighted by Gasteiger charge is 2.08. The standard InChI is InChI=1S/C4H9F2O3P/c5-2-1-4(6)3-9-10(7)8/h4,7-8H,1-3H2. The predicted octanol–water partition coefficient (Wildman–Crippen LogP) is 0.912. The maximum Gasteiger partial charge on any atom is 0.327 e. The molecule has 0 aromatic heterocycles. The monoisotopic (exact) mass is 174 g/mol. The second-order valence-electron chi connectivity index (χ2n) is 1.62. The largest absolute Gasteiger partial charge is 0.328 e. The summed E-state index contributed by atoms with van der Waals surface area (Å²) in [5.41, 5.74) is 0. The van der Waals surface area contributed by atoms with Crippen LogP contribution in [0.4, 0.5) is 8.78 Å². The fourth-order valence-electron chi connectivity index (χ4n) is 0.349. The zero-order valence-corrected chi connectivity index (χ0v) is 6.10. The number of halogens is 2. The summed E-state index contributed by atoms with van der Waals surface area (Å²) in [7, 11) is -2.51. The van der Waals surface area contributed by atoms with Gasteiger partial charge in [-0.15, -0.1) is 0 Å². The number of alkyl halides is 2. The molecule has 10 heavy (non-hydrogen) atoms. The molecule has 0 aliphatic carbocycles. The van der Waals surface area contributed by atoms with Gasteiger partial charge >= 0.3 is 8.60 Å². The molecule has 0 rings (SSSR count). The smallest absolute Gasteiger partial charge is 0.327 e. The minimum absolute atomic E-state index is 0.261. The first-order chi connectivity index (χ1) is 4.66. The molecule has 0 bridgehead atoms. The van der Waals surface area contributed by atoms with Gasteiger partial charge in [-0.05, 0) is 0 Å². The van der Waals surface area contributed by atoms with Crippen molar-refractivity contribution in [3.63, 3.8) is 0 Å². The van der Waals surface area contributed by atoms with Crippen molar-refractivity contribution >= 4 is 8.60 Å². The van der Waals surface area contributed by atoms with E-state index in [4.69, 9.17) is 9.79 Å². The van der Waals surface area contributed by atoms with Crippen molar-refractivity contribution in [1.29, 1.82) is 0 Å². The molecule has 0 fully saturated rings. The third-order valence-electron chi connectivity index (χ3n) is 0.793. The first kappa shape index (κ1) is 10.2. The van der Waals surface area contributed by atoms with E-state index >= 15 is 0 Å². The first-order valence-corrected chi connectivity index (χ1v) is 3.84. The zero-order valence-electron chi connectivity index (χ0n) is 5.20. The molecule has 0 saturated heterocycles. The molecule has 0 spiro atoms. The van der Waals surface area contributed by atoms with Gasteiger partial charge < -0.3 is 14.3 Å². The summed E-state index contributed by atoms with van der Waals surface area (Å²) in [4.78, 5) is 16.2. The van der Waals surface area contributed by atoms with Crippen LogP contribution < -0.4 is 0 Å². The minimum atomic E-state index is -2.51. The van der Waals surface area contributed by atoms with Gasteiger partial charge in [-0.1, -0.05) is 0 Å². The fraction of sp³-hybridized carbons (Fsp3) is 1.00. The Bertz CT molecular complexity index is 82.9. The molecular weight excluding hydrogens is 165 g/mol. The molecule has 3 nitrogen and oxygen atoms in total. The normalized spacial score (nSPS) is 14.1. The van der Waals surface area contributed by atoms with E-state index in [0.717, 1.165) is 0 Å². The summed E-state index contributed by atoms with van der Waals surface area (Å²) in [5, 5.41) is 0. The summed E-state index contributed by atoms with van der Waals surface area (Å²) in [5.74, 6) is 0. The van der Waals surface area contributed by atoms with Crippen LogP contribution in [0.3, 0.4) is 0 Å². The maximum atomic E-state index is 12.2. The summed E-state index contributed by atoms with van der Waals surface area (Å²) in [6.07, 6.45) is -1.71. The van der Waals surface area contributed by atoms with Crippen LogP contribution in [0.15, 0.2) is 0 Å². The molecule has 62 valence electrons. The predicted molar refractivity (Wildman–Crippen MR) is 32.8 cm³/mol. The quantitative estimate of drug-likeness (QED) is 0.609. The van der Waals surface area contributed by atoms with E-state index in [-0.39, 0.29) is 6.42 Å². The topological polar surface area (TPSA) is 49.7 Å². The van der Waals surface area contributed by atoms with E-state index in [1.165, 1.54) is 0 Å². The van der Waals surface area contributed by atoms with Crippen LogP contribution in [-0.2, 0) is 4.52 Å². The Morgan fingerprint density at radius 3 is 2.50 bits per heavy atom. The van der Waals surface area contributed by atoms with Crippen molar-refractivity contribution in [2.24, 2.45) is 0 Å². The summed E-state index contributed by atoms with van der Waals surface area (Å²) < 4.78 is 27.6. The maximum absolute atomic E-state index is 12.2. The second-order valence-corrected chi connectivity index (χ2v) is 2.39. The van der Waals surface area contributed by atoms with Crippen LogP contribution in [0.25, 0.3) is 0 Å². The van der Waals surface area contributed by atoms with Gasteiger partial charge in [0.1, 0.15) is 6.17 Å². The Morgan fingerprint density at radius 1 is 1.50 bits per heavy atom. The molecule has 6 heteroatoms. The number of rotatable bonds is 5. The summed E-state index contributed by atoms with van der Waals surface area (Å²) in [6.45, 7) is -1.22. The highest BCUT2D eigenvalue weighted by Crippen LogP contribution is 2.24. The van der Waals surface area contributed by atoms with Gasteiger partial charge in [-0.2, -0.15) is 0 Å². The van der Waals surface area contributed by atoms with Gasteiger partial charge in [-0.3, -0.25) is 4.39 Å². The van der Waals surface area contributed by atoms with E-state index in [9.17, 15) is 8.78 Å². The van der Waals surface area contributed by atoms with Gasteiger partial charge in [0.2, 0.25) is 0 Å². The molecule has 0 saturated carbocycles. The van der Waals surface area contributed by atoms with Crippen LogP contribution in [0.2, 0.25) is 0 Å². The minimum Gasteiger partial charge on any atom is -0.328 e. The Hall–Kier alpha value is 0.170. The molecule has 0 heterocycles. The lowest BCUT2D eigenvalue weighted by Crippen LogP contribution is -2.08. The zero-order chi connectivity index (χ0) is 7.98. The van der Waals surface area contributed by atoms with Crippen LogP contribution in [-0.4, -0.2) is 29.2 Å². The van der Waals surface area contributed by atoms with E-state index in [1.807, 2.05) is 0 Å². The molecule has 0 aliphatic rings. The molecule has 0 aliphatic heterocycles. The van der Waals surface area contributed by atoms with Crippen LogP contribution >= 0.6 is 8.60 Å². The molecular formula is C4H9F2O3P. The lowest BCUT2D eigenvalue weighted by molar-refractivity contribution is 0.160. The van der Waals surface area contributed by atoms with Crippen molar-refractivity contribution in [2.45, 2.75) is 12.6 Å². The van der Waals surface area contributed by atoms with Crippen molar-refractivity contribution in [2.75, 3.05) is 13.3 Å². The van der Waals surface area contributed by atoms with E-state index in [1.54, 1.807) is 0 Å². The summed E-state index contributed by atoms with van der Waals surface area (Å²) >= 11 is 0. The lowest BCUT2D eigenvalue weighted by atomic mass is 10.3. The molecule has 0 radical (unpaired) electrons. The number of hydrogen-bond donors (Lipinski definition) is 2. The van der Waals surface area contributed by atoms with E-state index < -0.39 is 28.1 Å². The summed E-state index contributed by atoms with van der Waals surface area (Å²) in [6, 6.07) is 0. The Kier molecular flexibility index (Phi) is 6.02. The van der Waals surface area contributed by atoms with Crippen molar-refractivity contribution in [1.82, 2.24) is 0 Å². The van der Waals surface area contributed by atoms with Gasteiger partial charge in [0.25, 0.3) is 0 Å². The highest BCUT2D eigenvalue weighted by molar-refractivity contribution is 7.39. The first-order valence-electron chi connectivity index (χ1n) is 2.67. The Labute approximate surface area is 58.6 Å². The lowest BCUT2D eigenvalue weighted by Gasteiger charge is -2.06. The van der Waals surface area contributed by atoms with Gasteiger partial charge in [0, 0.05) is 6.42 Å². The van der Waals surface area contributed by atoms with Crippen LogP contribution in [0, 0.1) is 0 Å². The van der Waals surface area contributed by atoms with Crippen LogP contribution in [0.5, 0.6) is 0 Å². The van der Waals surface area contributed by atoms with E-state index in [2.05, 4.69) is 4.52 Å². The molecule has 1 unspecified atom stereocenters. The van der Waals surface area contributed by atoms with Gasteiger partial charge in [0.05, 0.1) is 13.3 Å². The Balaban J connectivity index is 3.12. The molecule has 1 atom stereocenters. The molecule has 0 aromatic rings. The number of hydrogen-bond acceptors (Lipinski definition) is 3. The average Bonchev–Trinajstić information content (AvgIpc) is 1.85. The molecule has 0 aromatic carbocycles. The molecule has 0 amide bonds. The van der Waals surface area contributed by atoms with Gasteiger partial charge in [-0.25, -0.2) is 4.39 Å². The third-order valence-corrected chi connectivity index (χ3v) is 1.17. The molecule has 2 N–H and O–H groups in total. The third kappa shape index (κ3) is 6.29. The fourth-order valence-corrected chi connectivity index (χ4v) is 0.644. The van der Waals surface area contributed by atoms with Crippen molar-refractivity contribution in [3.05, 3.63) is 0 Å². The van der Waals surface area contributed by atoms with Gasteiger partial charge in [0.15, 0.2) is 0 Å². The highest BCUT2D eigenvalue weighted by atomic mass is 31.2. The second kappa shape index (κ2) is 5.92. The average molecular weight is 174 g/mol.